The van der Waals surface area contributed by atoms with Gasteiger partial charge in [-0.3, -0.25) is 0 Å². The average molecular weight is 297 g/mol. The lowest BCUT2D eigenvalue weighted by molar-refractivity contribution is -0.0414. The molecule has 1 aromatic heterocycles. The van der Waals surface area contributed by atoms with Crippen molar-refractivity contribution in [2.75, 3.05) is 6.61 Å². The van der Waals surface area contributed by atoms with Crippen LogP contribution in [0.5, 0.6) is 0 Å². The Morgan fingerprint density at radius 3 is 2.68 bits per heavy atom. The summed E-state index contributed by atoms with van der Waals surface area (Å²) >= 11 is 11.3. The monoisotopic (exact) mass is 296 g/mol. The van der Waals surface area contributed by atoms with Crippen LogP contribution in [-0.4, -0.2) is 26.4 Å². The molecule has 0 bridgehead atoms. The molecule has 1 fully saturated rings. The van der Waals surface area contributed by atoms with Crippen molar-refractivity contribution in [2.45, 2.75) is 25.5 Å². The fraction of sp³-hybridized carbons (Fsp3) is 0.417. The molecule has 2 heterocycles. The third kappa shape index (κ3) is 2.56. The second-order valence-corrected chi connectivity index (χ2v) is 5.22. The summed E-state index contributed by atoms with van der Waals surface area (Å²) in [6.45, 7) is 0.750. The quantitative estimate of drug-likeness (QED) is 0.799. The summed E-state index contributed by atoms with van der Waals surface area (Å²) in [6.07, 6.45) is 3.05. The van der Waals surface area contributed by atoms with E-state index in [0.29, 0.717) is 9.79 Å². The number of hydrogen-bond acceptors (Lipinski definition) is 4. The lowest BCUT2D eigenvalue weighted by Crippen LogP contribution is -2.19. The zero-order valence-corrected chi connectivity index (χ0v) is 11.8. The summed E-state index contributed by atoms with van der Waals surface area (Å²) in [6, 6.07) is 7.32. The van der Waals surface area contributed by atoms with E-state index in [9.17, 15) is 0 Å². The number of rotatable bonds is 2. The first-order chi connectivity index (χ1) is 9.25. The summed E-state index contributed by atoms with van der Waals surface area (Å²) < 4.78 is 9.49. The van der Waals surface area contributed by atoms with E-state index in [4.69, 9.17) is 28.6 Å². The van der Waals surface area contributed by atoms with E-state index in [1.54, 1.807) is 21.5 Å². The Bertz CT molecular complexity index is 615. The standard InChI is InChI=1S/C12H13ClN4OS/c13-9-4-6-10(7-5-9)16-12(19)17(15-14-16)11-3-1-2-8-18-11/h4-7,11H,1-3,8H2. The van der Waals surface area contributed by atoms with Crippen LogP contribution in [0.1, 0.15) is 25.5 Å². The van der Waals surface area contributed by atoms with Crippen molar-refractivity contribution in [3.05, 3.63) is 34.1 Å². The number of halogens is 1. The van der Waals surface area contributed by atoms with Gasteiger partial charge in [0.25, 0.3) is 0 Å². The van der Waals surface area contributed by atoms with Gasteiger partial charge in [-0.1, -0.05) is 11.6 Å². The zero-order chi connectivity index (χ0) is 13.2. The molecule has 1 aliphatic heterocycles. The first-order valence-corrected chi connectivity index (χ1v) is 6.96. The van der Waals surface area contributed by atoms with Gasteiger partial charge < -0.3 is 4.74 Å². The third-order valence-corrected chi connectivity index (χ3v) is 3.71. The maximum Gasteiger partial charge on any atom is 0.223 e. The zero-order valence-electron chi connectivity index (χ0n) is 10.2. The Kier molecular flexibility index (Phi) is 3.63. The minimum atomic E-state index is -0.0951. The lowest BCUT2D eigenvalue weighted by Gasteiger charge is -2.21. The van der Waals surface area contributed by atoms with Crippen LogP contribution in [0, 0.1) is 4.77 Å². The van der Waals surface area contributed by atoms with Gasteiger partial charge >= 0.3 is 0 Å². The summed E-state index contributed by atoms with van der Waals surface area (Å²) in [4.78, 5) is 0. The summed E-state index contributed by atoms with van der Waals surface area (Å²) in [7, 11) is 0. The summed E-state index contributed by atoms with van der Waals surface area (Å²) in [5.74, 6) is 0. The summed E-state index contributed by atoms with van der Waals surface area (Å²) in [5.41, 5.74) is 0.844. The Morgan fingerprint density at radius 2 is 2.00 bits per heavy atom. The fourth-order valence-electron chi connectivity index (χ4n) is 2.10. The van der Waals surface area contributed by atoms with Crippen molar-refractivity contribution in [3.63, 3.8) is 0 Å². The molecule has 1 atom stereocenters. The highest BCUT2D eigenvalue weighted by atomic mass is 35.5. The van der Waals surface area contributed by atoms with E-state index in [1.165, 1.54) is 0 Å². The van der Waals surface area contributed by atoms with Gasteiger partial charge in [-0.25, -0.2) is 0 Å². The average Bonchev–Trinajstić information content (AvgIpc) is 2.83. The van der Waals surface area contributed by atoms with Gasteiger partial charge in [-0.2, -0.15) is 9.36 Å². The van der Waals surface area contributed by atoms with Crippen LogP contribution in [0.15, 0.2) is 24.3 Å². The second-order valence-electron chi connectivity index (χ2n) is 4.42. The maximum atomic E-state index is 5.87. The van der Waals surface area contributed by atoms with Gasteiger partial charge in [-0.05, 0) is 66.2 Å². The van der Waals surface area contributed by atoms with E-state index in [1.807, 2.05) is 12.1 Å². The minimum absolute atomic E-state index is 0.0951. The molecule has 1 aromatic carbocycles. The molecule has 1 saturated heterocycles. The van der Waals surface area contributed by atoms with Crippen LogP contribution in [0.4, 0.5) is 0 Å². The molecule has 0 spiro atoms. The van der Waals surface area contributed by atoms with Crippen LogP contribution in [0.2, 0.25) is 5.02 Å². The van der Waals surface area contributed by atoms with Crippen molar-refractivity contribution in [2.24, 2.45) is 0 Å². The molecule has 0 radical (unpaired) electrons. The van der Waals surface area contributed by atoms with Crippen molar-refractivity contribution >= 4 is 23.8 Å². The van der Waals surface area contributed by atoms with Crippen LogP contribution in [0.3, 0.4) is 0 Å². The molecule has 7 heteroatoms. The van der Waals surface area contributed by atoms with E-state index < -0.39 is 0 Å². The van der Waals surface area contributed by atoms with Crippen molar-refractivity contribution < 1.29 is 4.74 Å². The van der Waals surface area contributed by atoms with Gasteiger partial charge in [-0.15, -0.1) is 0 Å². The van der Waals surface area contributed by atoms with Crippen LogP contribution in [0.25, 0.3) is 5.69 Å². The molecule has 3 rings (SSSR count). The molecule has 5 nitrogen and oxygen atoms in total. The predicted octanol–water partition coefficient (Wildman–Crippen LogP) is 3.15. The Hall–Kier alpha value is -1.24. The van der Waals surface area contributed by atoms with Gasteiger partial charge in [0, 0.05) is 11.6 Å². The SMILES string of the molecule is S=c1n(-c2ccc(Cl)cc2)nnn1C1CCCCO1. The number of nitrogens with zero attached hydrogens (tertiary/aromatic N) is 4. The van der Waals surface area contributed by atoms with Crippen molar-refractivity contribution in [1.29, 1.82) is 0 Å². The smallest absolute Gasteiger partial charge is 0.223 e. The summed E-state index contributed by atoms with van der Waals surface area (Å²) in [5, 5.41) is 8.88. The lowest BCUT2D eigenvalue weighted by atomic mass is 10.2. The maximum absolute atomic E-state index is 5.87. The number of tetrazole rings is 1. The molecule has 100 valence electrons. The van der Waals surface area contributed by atoms with Gasteiger partial charge in [0.05, 0.1) is 5.69 Å². The van der Waals surface area contributed by atoms with Crippen LogP contribution >= 0.6 is 23.8 Å². The molecule has 0 amide bonds. The van der Waals surface area contributed by atoms with Crippen molar-refractivity contribution in [3.8, 4) is 5.69 Å². The number of ether oxygens (including phenoxy) is 1. The highest BCUT2D eigenvalue weighted by Crippen LogP contribution is 2.22. The Balaban J connectivity index is 1.94. The molecular formula is C12H13ClN4OS. The molecule has 19 heavy (non-hydrogen) atoms. The fourth-order valence-corrected chi connectivity index (χ4v) is 2.52. The minimum Gasteiger partial charge on any atom is -0.356 e. The number of benzene rings is 1. The van der Waals surface area contributed by atoms with E-state index in [0.717, 1.165) is 31.6 Å². The Morgan fingerprint density at radius 1 is 1.21 bits per heavy atom. The second kappa shape index (κ2) is 5.40. The van der Waals surface area contributed by atoms with E-state index in [-0.39, 0.29) is 6.23 Å². The number of aromatic nitrogens is 4. The molecule has 0 saturated carbocycles. The van der Waals surface area contributed by atoms with Crippen molar-refractivity contribution in [1.82, 2.24) is 19.8 Å². The normalized spacial score (nSPS) is 19.5. The van der Waals surface area contributed by atoms with Crippen LogP contribution < -0.4 is 0 Å². The van der Waals surface area contributed by atoms with Crippen LogP contribution in [-0.2, 0) is 4.74 Å². The van der Waals surface area contributed by atoms with E-state index >= 15 is 0 Å². The largest absolute Gasteiger partial charge is 0.356 e. The van der Waals surface area contributed by atoms with Gasteiger partial charge in [0.15, 0.2) is 6.23 Å². The van der Waals surface area contributed by atoms with Gasteiger partial charge in [0.1, 0.15) is 0 Å². The highest BCUT2D eigenvalue weighted by molar-refractivity contribution is 7.71. The molecule has 2 aromatic rings. The first-order valence-electron chi connectivity index (χ1n) is 6.18. The molecule has 0 N–H and O–H groups in total. The molecule has 1 unspecified atom stereocenters. The van der Waals surface area contributed by atoms with Gasteiger partial charge in [0.2, 0.25) is 4.77 Å². The molecular weight excluding hydrogens is 284 g/mol. The Labute approximate surface area is 120 Å². The topological polar surface area (TPSA) is 44.9 Å². The predicted molar refractivity (Wildman–Crippen MR) is 74.0 cm³/mol. The van der Waals surface area contributed by atoms with E-state index in [2.05, 4.69) is 10.4 Å². The third-order valence-electron chi connectivity index (χ3n) is 3.10. The molecule has 1 aliphatic rings. The number of hydrogen-bond donors (Lipinski definition) is 0. The highest BCUT2D eigenvalue weighted by Gasteiger charge is 2.19. The molecule has 0 aliphatic carbocycles. The first kappa shape index (κ1) is 12.8.